The summed E-state index contributed by atoms with van der Waals surface area (Å²) in [5.74, 6) is 1.79. The van der Waals surface area contributed by atoms with Crippen LogP contribution in [0.2, 0.25) is 5.02 Å². The molecule has 2 aromatic rings. The third kappa shape index (κ3) is 3.43. The second-order valence-electron chi connectivity index (χ2n) is 10.4. The van der Waals surface area contributed by atoms with Gasteiger partial charge in [-0.1, -0.05) is 11.6 Å². The highest BCUT2D eigenvalue weighted by Gasteiger charge is 2.50. The number of benzene rings is 1. The number of nitrogens with zero attached hydrogens (tertiary/aromatic N) is 4. The fraction of sp³-hybridized carbons (Fsp3) is 0.640. The minimum atomic E-state index is -0.703. The third-order valence-corrected chi connectivity index (χ3v) is 8.45. The first-order chi connectivity index (χ1) is 15.9. The molecule has 0 atom stereocenters. The van der Waals surface area contributed by atoms with E-state index < -0.39 is 5.79 Å². The SMILES string of the molecule is CC(C)N1CCC2(CCC(c3nnc4n3-c3ccc(Cl)cc3CC3(C4)OCCO3)CC2)C1=O. The van der Waals surface area contributed by atoms with Crippen LogP contribution < -0.4 is 0 Å². The van der Waals surface area contributed by atoms with E-state index in [1.807, 2.05) is 12.1 Å². The summed E-state index contributed by atoms with van der Waals surface area (Å²) in [6.45, 7) is 6.29. The molecule has 2 spiro atoms. The Morgan fingerprint density at radius 2 is 1.85 bits per heavy atom. The maximum absolute atomic E-state index is 13.2. The first kappa shape index (κ1) is 21.6. The Morgan fingerprint density at radius 3 is 2.55 bits per heavy atom. The molecule has 1 aromatic carbocycles. The summed E-state index contributed by atoms with van der Waals surface area (Å²) in [6, 6.07) is 6.27. The van der Waals surface area contributed by atoms with E-state index in [9.17, 15) is 4.79 Å². The maximum Gasteiger partial charge on any atom is 0.229 e. The van der Waals surface area contributed by atoms with Crippen molar-refractivity contribution in [3.8, 4) is 5.69 Å². The van der Waals surface area contributed by atoms with Gasteiger partial charge in [-0.3, -0.25) is 9.36 Å². The number of likely N-dealkylation sites (tertiary alicyclic amines) is 1. The monoisotopic (exact) mass is 470 g/mol. The van der Waals surface area contributed by atoms with Crippen molar-refractivity contribution in [2.24, 2.45) is 5.41 Å². The topological polar surface area (TPSA) is 69.5 Å². The number of fused-ring (bicyclic) bond motifs is 3. The standard InChI is InChI=1S/C25H31ClN4O3/c1-16(2)29-10-9-24(23(29)31)7-5-17(6-8-24)22-28-27-21-15-25(32-11-12-33-25)14-18-13-19(26)3-4-20(18)30(21)22/h3-4,13,16-17H,5-12,14-15H2,1-2H3. The van der Waals surface area contributed by atoms with Crippen LogP contribution in [0.25, 0.3) is 5.69 Å². The Hall–Kier alpha value is -1.96. The second-order valence-corrected chi connectivity index (χ2v) is 10.9. The zero-order valence-corrected chi connectivity index (χ0v) is 20.1. The van der Waals surface area contributed by atoms with Crippen molar-refractivity contribution in [2.75, 3.05) is 19.8 Å². The van der Waals surface area contributed by atoms with Crippen LogP contribution in [-0.2, 0) is 27.1 Å². The predicted octanol–water partition coefficient (Wildman–Crippen LogP) is 4.05. The molecule has 176 valence electrons. The molecule has 3 fully saturated rings. The first-order valence-electron chi connectivity index (χ1n) is 12.2. The van der Waals surface area contributed by atoms with Crippen molar-refractivity contribution >= 4 is 17.5 Å². The largest absolute Gasteiger partial charge is 0.347 e. The van der Waals surface area contributed by atoms with E-state index >= 15 is 0 Å². The van der Waals surface area contributed by atoms with Gasteiger partial charge in [-0.25, -0.2) is 0 Å². The number of rotatable bonds is 2. The molecule has 7 nitrogen and oxygen atoms in total. The molecule has 4 aliphatic rings. The number of aromatic nitrogens is 3. The lowest BCUT2D eigenvalue weighted by Gasteiger charge is -2.36. The van der Waals surface area contributed by atoms with Crippen LogP contribution in [0.3, 0.4) is 0 Å². The summed E-state index contributed by atoms with van der Waals surface area (Å²) in [7, 11) is 0. The predicted molar refractivity (Wildman–Crippen MR) is 124 cm³/mol. The van der Waals surface area contributed by atoms with Crippen molar-refractivity contribution in [2.45, 2.75) is 76.5 Å². The van der Waals surface area contributed by atoms with Gasteiger partial charge in [0.05, 0.1) is 30.7 Å². The molecule has 6 rings (SSSR count). The zero-order valence-electron chi connectivity index (χ0n) is 19.3. The van der Waals surface area contributed by atoms with Gasteiger partial charge in [0.25, 0.3) is 0 Å². The number of carbonyl (C=O) groups is 1. The van der Waals surface area contributed by atoms with E-state index in [2.05, 4.69) is 39.6 Å². The van der Waals surface area contributed by atoms with Gasteiger partial charge in [-0.2, -0.15) is 0 Å². The van der Waals surface area contributed by atoms with Crippen LogP contribution in [-0.4, -0.2) is 57.2 Å². The molecule has 2 saturated heterocycles. The lowest BCUT2D eigenvalue weighted by molar-refractivity contribution is -0.155. The van der Waals surface area contributed by atoms with E-state index in [0.717, 1.165) is 61.5 Å². The zero-order chi connectivity index (χ0) is 22.8. The summed E-state index contributed by atoms with van der Waals surface area (Å²) in [5.41, 5.74) is 1.98. The van der Waals surface area contributed by atoms with E-state index in [1.54, 1.807) is 0 Å². The van der Waals surface area contributed by atoms with Gasteiger partial charge < -0.3 is 14.4 Å². The van der Waals surface area contributed by atoms with Crippen molar-refractivity contribution in [3.63, 3.8) is 0 Å². The molecule has 0 radical (unpaired) electrons. The average Bonchev–Trinajstić information content (AvgIpc) is 3.47. The summed E-state index contributed by atoms with van der Waals surface area (Å²) >= 11 is 6.37. The Morgan fingerprint density at radius 1 is 1.09 bits per heavy atom. The van der Waals surface area contributed by atoms with Crippen LogP contribution in [0.1, 0.15) is 69.1 Å². The van der Waals surface area contributed by atoms with Crippen LogP contribution >= 0.6 is 11.6 Å². The molecule has 1 amide bonds. The smallest absolute Gasteiger partial charge is 0.229 e. The van der Waals surface area contributed by atoms with Gasteiger partial charge >= 0.3 is 0 Å². The Kier molecular flexibility index (Phi) is 5.09. The Balaban J connectivity index is 1.32. The van der Waals surface area contributed by atoms with Crippen LogP contribution in [0.15, 0.2) is 18.2 Å². The van der Waals surface area contributed by atoms with Crippen molar-refractivity contribution in [1.82, 2.24) is 19.7 Å². The van der Waals surface area contributed by atoms with Crippen molar-refractivity contribution in [3.05, 3.63) is 40.4 Å². The summed E-state index contributed by atoms with van der Waals surface area (Å²) in [6.07, 6.45) is 5.93. The van der Waals surface area contributed by atoms with Gasteiger partial charge in [0.2, 0.25) is 5.91 Å². The van der Waals surface area contributed by atoms with E-state index in [1.165, 1.54) is 0 Å². The first-order valence-corrected chi connectivity index (χ1v) is 12.6. The summed E-state index contributed by atoms with van der Waals surface area (Å²) in [4.78, 5) is 15.2. The normalized spacial score (nSPS) is 28.5. The van der Waals surface area contributed by atoms with Crippen LogP contribution in [0, 0.1) is 5.41 Å². The number of ether oxygens (including phenoxy) is 2. The van der Waals surface area contributed by atoms with Crippen molar-refractivity contribution in [1.29, 1.82) is 0 Å². The number of hydrogen-bond donors (Lipinski definition) is 0. The fourth-order valence-corrected chi connectivity index (χ4v) is 6.61. The third-order valence-electron chi connectivity index (χ3n) is 8.22. The minimum absolute atomic E-state index is 0.177. The minimum Gasteiger partial charge on any atom is -0.347 e. The highest BCUT2D eigenvalue weighted by molar-refractivity contribution is 6.30. The molecule has 8 heteroatoms. The molecule has 0 N–H and O–H groups in total. The molecular formula is C25H31ClN4O3. The lowest BCUT2D eigenvalue weighted by Crippen LogP contribution is -2.40. The van der Waals surface area contributed by atoms with Gasteiger partial charge in [-0.15, -0.1) is 10.2 Å². The number of amides is 1. The Labute approximate surface area is 199 Å². The van der Waals surface area contributed by atoms with Gasteiger partial charge in [0, 0.05) is 29.9 Å². The highest BCUT2D eigenvalue weighted by Crippen LogP contribution is 2.49. The summed E-state index contributed by atoms with van der Waals surface area (Å²) in [5, 5.41) is 10.0. The quantitative estimate of drug-likeness (QED) is 0.662. The van der Waals surface area contributed by atoms with Crippen LogP contribution in [0.5, 0.6) is 0 Å². The van der Waals surface area contributed by atoms with Crippen molar-refractivity contribution < 1.29 is 14.3 Å². The maximum atomic E-state index is 13.2. The molecule has 33 heavy (non-hydrogen) atoms. The molecule has 1 aliphatic carbocycles. The molecule has 0 unspecified atom stereocenters. The average molecular weight is 471 g/mol. The van der Waals surface area contributed by atoms with Gasteiger partial charge in [0.15, 0.2) is 5.79 Å². The summed E-state index contributed by atoms with van der Waals surface area (Å²) < 4.78 is 14.4. The van der Waals surface area contributed by atoms with Gasteiger partial charge in [0.1, 0.15) is 11.6 Å². The fourth-order valence-electron chi connectivity index (χ4n) is 6.41. The molecular weight excluding hydrogens is 440 g/mol. The second kappa shape index (κ2) is 7.79. The van der Waals surface area contributed by atoms with E-state index in [4.69, 9.17) is 21.1 Å². The Bertz CT molecular complexity index is 1080. The molecule has 1 aromatic heterocycles. The molecule has 0 bridgehead atoms. The molecule has 3 aliphatic heterocycles. The number of halogens is 1. The van der Waals surface area contributed by atoms with E-state index in [0.29, 0.717) is 37.0 Å². The number of hydrogen-bond acceptors (Lipinski definition) is 5. The van der Waals surface area contributed by atoms with Gasteiger partial charge in [-0.05, 0) is 69.7 Å². The lowest BCUT2D eigenvalue weighted by atomic mass is 9.69. The molecule has 4 heterocycles. The van der Waals surface area contributed by atoms with Crippen LogP contribution in [0.4, 0.5) is 0 Å². The van der Waals surface area contributed by atoms with E-state index in [-0.39, 0.29) is 17.4 Å². The molecule has 1 saturated carbocycles. The number of carbonyl (C=O) groups excluding carboxylic acids is 1. The highest BCUT2D eigenvalue weighted by atomic mass is 35.5.